The van der Waals surface area contributed by atoms with Crippen LogP contribution in [0.15, 0.2) is 24.3 Å². The van der Waals surface area contributed by atoms with E-state index in [9.17, 15) is 20.4 Å². The van der Waals surface area contributed by atoms with Crippen molar-refractivity contribution >= 4 is 0 Å². The monoisotopic (exact) mass is 334 g/mol. The fourth-order valence-corrected chi connectivity index (χ4v) is 2.83. The summed E-state index contributed by atoms with van der Waals surface area (Å²) in [7, 11) is 2.81. The lowest BCUT2D eigenvalue weighted by Gasteiger charge is -2.31. The van der Waals surface area contributed by atoms with Crippen LogP contribution in [0.3, 0.4) is 0 Å². The van der Waals surface area contributed by atoms with E-state index in [4.69, 9.17) is 14.2 Å². The number of fused-ring (bicyclic) bond motifs is 1. The van der Waals surface area contributed by atoms with Crippen LogP contribution in [0.25, 0.3) is 0 Å². The SMILES string of the molecule is COc1cc([C@H]2Oc3cc(O)cc(O)c3C[C@H]2O)cc(OC)c1O. The van der Waals surface area contributed by atoms with Crippen molar-refractivity contribution in [1.29, 1.82) is 0 Å². The van der Waals surface area contributed by atoms with Gasteiger partial charge in [0.1, 0.15) is 17.2 Å². The molecule has 0 spiro atoms. The molecule has 0 saturated heterocycles. The van der Waals surface area contributed by atoms with Gasteiger partial charge in [0, 0.05) is 29.7 Å². The molecule has 128 valence electrons. The van der Waals surface area contributed by atoms with Gasteiger partial charge in [-0.2, -0.15) is 0 Å². The van der Waals surface area contributed by atoms with Gasteiger partial charge in [-0.3, -0.25) is 0 Å². The maximum absolute atomic E-state index is 10.4. The molecule has 0 radical (unpaired) electrons. The average molecular weight is 334 g/mol. The lowest BCUT2D eigenvalue weighted by molar-refractivity contribution is 0.0195. The molecule has 7 nitrogen and oxygen atoms in total. The van der Waals surface area contributed by atoms with Gasteiger partial charge >= 0.3 is 0 Å². The summed E-state index contributed by atoms with van der Waals surface area (Å²) in [6, 6.07) is 5.66. The van der Waals surface area contributed by atoms with Crippen molar-refractivity contribution in [3.05, 3.63) is 35.4 Å². The first-order valence-electron chi connectivity index (χ1n) is 7.29. The first kappa shape index (κ1) is 16.1. The largest absolute Gasteiger partial charge is 0.508 e. The van der Waals surface area contributed by atoms with Crippen molar-refractivity contribution in [1.82, 2.24) is 0 Å². The van der Waals surface area contributed by atoms with E-state index in [1.807, 2.05) is 0 Å². The summed E-state index contributed by atoms with van der Waals surface area (Å²) in [5, 5.41) is 39.9. The number of phenols is 3. The van der Waals surface area contributed by atoms with Gasteiger partial charge in [-0.15, -0.1) is 0 Å². The number of aliphatic hydroxyl groups excluding tert-OH is 1. The third kappa shape index (κ3) is 2.63. The number of aromatic hydroxyl groups is 3. The maximum atomic E-state index is 10.4. The van der Waals surface area contributed by atoms with Gasteiger partial charge in [0.2, 0.25) is 5.75 Å². The smallest absolute Gasteiger partial charge is 0.200 e. The second-order valence-corrected chi connectivity index (χ2v) is 5.53. The van der Waals surface area contributed by atoms with Gasteiger partial charge < -0.3 is 34.6 Å². The number of hydrogen-bond donors (Lipinski definition) is 4. The fourth-order valence-electron chi connectivity index (χ4n) is 2.83. The highest BCUT2D eigenvalue weighted by molar-refractivity contribution is 5.55. The standard InChI is InChI=1S/C17H18O7/c1-22-14-3-8(4-15(23-2)16(14)21)17-12(20)7-10-11(19)5-9(18)6-13(10)24-17/h3-6,12,17-21H,7H2,1-2H3/t12-,17-/m1/s1. The lowest BCUT2D eigenvalue weighted by Crippen LogP contribution is -2.30. The molecule has 2 aromatic carbocycles. The van der Waals surface area contributed by atoms with Gasteiger partial charge in [0.15, 0.2) is 17.6 Å². The molecular formula is C17H18O7. The Morgan fingerprint density at radius 2 is 1.62 bits per heavy atom. The highest BCUT2D eigenvalue weighted by atomic mass is 16.5. The molecule has 0 aromatic heterocycles. The molecule has 3 rings (SSSR count). The lowest BCUT2D eigenvalue weighted by atomic mass is 9.93. The van der Waals surface area contributed by atoms with Crippen molar-refractivity contribution in [2.45, 2.75) is 18.6 Å². The highest BCUT2D eigenvalue weighted by Gasteiger charge is 2.33. The van der Waals surface area contributed by atoms with Crippen molar-refractivity contribution in [3.63, 3.8) is 0 Å². The first-order valence-corrected chi connectivity index (χ1v) is 7.29. The molecule has 4 N–H and O–H groups in total. The normalized spacial score (nSPS) is 19.3. The molecule has 1 aliphatic heterocycles. The van der Waals surface area contributed by atoms with E-state index in [1.54, 1.807) is 12.1 Å². The van der Waals surface area contributed by atoms with Gasteiger partial charge in [-0.25, -0.2) is 0 Å². The summed E-state index contributed by atoms with van der Waals surface area (Å²) in [4.78, 5) is 0. The van der Waals surface area contributed by atoms with Crippen molar-refractivity contribution in [3.8, 4) is 34.5 Å². The van der Waals surface area contributed by atoms with Crippen molar-refractivity contribution in [2.75, 3.05) is 14.2 Å². The Bertz CT molecular complexity index is 747. The van der Waals surface area contributed by atoms with E-state index >= 15 is 0 Å². The van der Waals surface area contributed by atoms with Crippen LogP contribution in [0.5, 0.6) is 34.5 Å². The van der Waals surface area contributed by atoms with Crippen LogP contribution in [-0.2, 0) is 6.42 Å². The maximum Gasteiger partial charge on any atom is 0.200 e. The molecule has 2 atom stereocenters. The quantitative estimate of drug-likeness (QED) is 0.678. The predicted octanol–water partition coefficient (Wildman–Crippen LogP) is 1.86. The van der Waals surface area contributed by atoms with Crippen LogP contribution in [0.4, 0.5) is 0 Å². The zero-order valence-corrected chi connectivity index (χ0v) is 13.2. The minimum absolute atomic E-state index is 0.136. The number of methoxy groups -OCH3 is 2. The highest BCUT2D eigenvalue weighted by Crippen LogP contribution is 2.45. The van der Waals surface area contributed by atoms with Crippen LogP contribution in [0, 0.1) is 0 Å². The molecule has 0 aliphatic carbocycles. The fraction of sp³-hybridized carbons (Fsp3) is 0.294. The predicted molar refractivity (Wildman–Crippen MR) is 84.1 cm³/mol. The summed E-state index contributed by atoms with van der Waals surface area (Å²) in [5.74, 6) is 0.235. The second-order valence-electron chi connectivity index (χ2n) is 5.53. The minimum Gasteiger partial charge on any atom is -0.508 e. The molecule has 0 saturated carbocycles. The topological polar surface area (TPSA) is 109 Å². The number of aliphatic hydroxyl groups is 1. The molecule has 2 aromatic rings. The molecule has 7 heteroatoms. The summed E-state index contributed by atoms with van der Waals surface area (Å²) in [6.45, 7) is 0. The van der Waals surface area contributed by atoms with E-state index in [1.165, 1.54) is 26.4 Å². The van der Waals surface area contributed by atoms with Crippen LogP contribution in [-0.4, -0.2) is 40.7 Å². The molecule has 1 aliphatic rings. The summed E-state index contributed by atoms with van der Waals surface area (Å²) in [5.41, 5.74) is 0.955. The zero-order chi connectivity index (χ0) is 17.4. The Labute approximate surface area is 138 Å². The Morgan fingerprint density at radius 3 is 2.21 bits per heavy atom. The molecule has 0 unspecified atom stereocenters. The molecule has 0 bridgehead atoms. The average Bonchev–Trinajstić information content (AvgIpc) is 2.55. The summed E-state index contributed by atoms with van der Waals surface area (Å²) >= 11 is 0. The second kappa shape index (κ2) is 6.01. The van der Waals surface area contributed by atoms with Gasteiger partial charge in [-0.1, -0.05) is 0 Å². The molecule has 0 amide bonds. The number of benzene rings is 2. The Kier molecular flexibility index (Phi) is 4.02. The van der Waals surface area contributed by atoms with E-state index in [2.05, 4.69) is 0 Å². The van der Waals surface area contributed by atoms with Gasteiger partial charge in [0.25, 0.3) is 0 Å². The summed E-state index contributed by atoms with van der Waals surface area (Å²) in [6.07, 6.45) is -1.56. The number of phenolic OH excluding ortho intramolecular Hbond substituents is 3. The molecular weight excluding hydrogens is 316 g/mol. The number of rotatable bonds is 3. The third-order valence-corrected chi connectivity index (χ3v) is 4.02. The van der Waals surface area contributed by atoms with Crippen LogP contribution >= 0.6 is 0 Å². The van der Waals surface area contributed by atoms with Crippen molar-refractivity contribution < 1.29 is 34.6 Å². The zero-order valence-electron chi connectivity index (χ0n) is 13.2. The van der Waals surface area contributed by atoms with Crippen molar-refractivity contribution in [2.24, 2.45) is 0 Å². The Balaban J connectivity index is 2.04. The van der Waals surface area contributed by atoms with E-state index < -0.39 is 12.2 Å². The molecule has 1 heterocycles. The Hall–Kier alpha value is -2.80. The van der Waals surface area contributed by atoms with Crippen LogP contribution in [0.1, 0.15) is 17.2 Å². The van der Waals surface area contributed by atoms with Gasteiger partial charge in [-0.05, 0) is 12.1 Å². The Morgan fingerprint density at radius 1 is 1.00 bits per heavy atom. The summed E-state index contributed by atoms with van der Waals surface area (Å²) < 4.78 is 16.0. The number of hydrogen-bond acceptors (Lipinski definition) is 7. The minimum atomic E-state index is -0.938. The third-order valence-electron chi connectivity index (χ3n) is 4.02. The van der Waals surface area contributed by atoms with E-state index in [0.717, 1.165) is 0 Å². The van der Waals surface area contributed by atoms with Gasteiger partial charge in [0.05, 0.1) is 20.3 Å². The number of ether oxygens (including phenoxy) is 3. The van der Waals surface area contributed by atoms with E-state index in [-0.39, 0.29) is 40.9 Å². The van der Waals surface area contributed by atoms with E-state index in [0.29, 0.717) is 11.1 Å². The first-order chi connectivity index (χ1) is 11.4. The van der Waals surface area contributed by atoms with Crippen LogP contribution in [0.2, 0.25) is 0 Å². The molecule has 0 fully saturated rings. The molecule has 24 heavy (non-hydrogen) atoms. The van der Waals surface area contributed by atoms with Crippen LogP contribution < -0.4 is 14.2 Å².